The van der Waals surface area contributed by atoms with Crippen molar-refractivity contribution >= 4 is 40.5 Å². The molecular weight excluding hydrogens is 400 g/mol. The fourth-order valence-electron chi connectivity index (χ4n) is 3.57. The smallest absolute Gasteiger partial charge is 0.244 e. The maximum atomic E-state index is 12.6. The molecular formula is C23H29ClN4O2. The largest absolute Gasteiger partial charge is 0.374 e. The zero-order valence-corrected chi connectivity index (χ0v) is 18.1. The van der Waals surface area contributed by atoms with Crippen LogP contribution in [-0.4, -0.2) is 49.9 Å². The molecule has 0 bridgehead atoms. The number of hydrogen-bond donors (Lipinski definition) is 2. The zero-order chi connectivity index (χ0) is 21.3. The lowest BCUT2D eigenvalue weighted by Gasteiger charge is -2.26. The first-order valence-corrected chi connectivity index (χ1v) is 10.8. The van der Waals surface area contributed by atoms with Gasteiger partial charge in [0, 0.05) is 20.1 Å². The van der Waals surface area contributed by atoms with Crippen LogP contribution in [0.2, 0.25) is 5.02 Å². The van der Waals surface area contributed by atoms with Crippen molar-refractivity contribution in [2.24, 2.45) is 0 Å². The van der Waals surface area contributed by atoms with Crippen LogP contribution >= 0.6 is 11.6 Å². The van der Waals surface area contributed by atoms with Crippen LogP contribution in [-0.2, 0) is 9.59 Å². The van der Waals surface area contributed by atoms with Crippen LogP contribution in [0.5, 0.6) is 0 Å². The van der Waals surface area contributed by atoms with E-state index in [-0.39, 0.29) is 24.9 Å². The van der Waals surface area contributed by atoms with E-state index in [0.717, 1.165) is 24.5 Å². The van der Waals surface area contributed by atoms with Crippen LogP contribution in [0.1, 0.15) is 25.7 Å². The van der Waals surface area contributed by atoms with Gasteiger partial charge in [-0.1, -0.05) is 48.7 Å². The Morgan fingerprint density at radius 2 is 1.60 bits per heavy atom. The number of benzene rings is 2. The molecule has 1 aliphatic heterocycles. The van der Waals surface area contributed by atoms with Crippen molar-refractivity contribution in [3.8, 4) is 0 Å². The summed E-state index contributed by atoms with van der Waals surface area (Å²) in [7, 11) is 1.62. The molecule has 2 N–H and O–H groups in total. The molecule has 0 radical (unpaired) electrons. The number of likely N-dealkylation sites (N-methyl/N-ethyl adjacent to an activating group) is 1. The molecule has 2 aromatic carbocycles. The fraction of sp³-hybridized carbons (Fsp3) is 0.391. The molecule has 6 nitrogen and oxygen atoms in total. The Morgan fingerprint density at radius 3 is 2.30 bits per heavy atom. The number of carbonyl (C=O) groups is 2. The van der Waals surface area contributed by atoms with Crippen molar-refractivity contribution in [1.82, 2.24) is 4.90 Å². The first-order valence-electron chi connectivity index (χ1n) is 10.4. The van der Waals surface area contributed by atoms with E-state index in [1.54, 1.807) is 31.3 Å². The molecule has 7 heteroatoms. The summed E-state index contributed by atoms with van der Waals surface area (Å²) in [5.74, 6) is -0.445. The average Bonchev–Trinajstić information content (AvgIpc) is 3.03. The van der Waals surface area contributed by atoms with Gasteiger partial charge in [0.1, 0.15) is 0 Å². The van der Waals surface area contributed by atoms with Gasteiger partial charge in [-0.25, -0.2) is 0 Å². The van der Waals surface area contributed by atoms with Crippen molar-refractivity contribution in [3.05, 3.63) is 53.6 Å². The monoisotopic (exact) mass is 428 g/mol. The summed E-state index contributed by atoms with van der Waals surface area (Å²) < 4.78 is 0. The Hall–Kier alpha value is -2.73. The van der Waals surface area contributed by atoms with Gasteiger partial charge in [0.25, 0.3) is 0 Å². The third-order valence-electron chi connectivity index (χ3n) is 5.24. The quantitative estimate of drug-likeness (QED) is 0.692. The van der Waals surface area contributed by atoms with E-state index < -0.39 is 0 Å². The van der Waals surface area contributed by atoms with E-state index in [4.69, 9.17) is 11.6 Å². The molecule has 1 fully saturated rings. The summed E-state index contributed by atoms with van der Waals surface area (Å²) in [6.45, 7) is 2.16. The van der Waals surface area contributed by atoms with Crippen LogP contribution in [0.15, 0.2) is 48.5 Å². The molecule has 30 heavy (non-hydrogen) atoms. The number of carbonyl (C=O) groups excluding carboxylic acids is 2. The third kappa shape index (κ3) is 6.13. The van der Waals surface area contributed by atoms with E-state index in [1.807, 2.05) is 18.2 Å². The molecule has 2 aromatic rings. The Morgan fingerprint density at radius 1 is 0.967 bits per heavy atom. The molecule has 0 aliphatic carbocycles. The predicted octanol–water partition coefficient (Wildman–Crippen LogP) is 4.23. The van der Waals surface area contributed by atoms with Crippen molar-refractivity contribution in [2.75, 3.05) is 48.8 Å². The van der Waals surface area contributed by atoms with Crippen LogP contribution < -0.4 is 15.5 Å². The lowest BCUT2D eigenvalue weighted by Crippen LogP contribution is -2.38. The van der Waals surface area contributed by atoms with Gasteiger partial charge in [0.05, 0.1) is 35.2 Å². The summed E-state index contributed by atoms with van der Waals surface area (Å²) in [5, 5.41) is 6.46. The summed E-state index contributed by atoms with van der Waals surface area (Å²) in [4.78, 5) is 28.6. The van der Waals surface area contributed by atoms with Crippen molar-refractivity contribution in [1.29, 1.82) is 0 Å². The Labute approximate surface area is 183 Å². The van der Waals surface area contributed by atoms with Gasteiger partial charge in [0.15, 0.2) is 0 Å². The molecule has 0 saturated carbocycles. The summed E-state index contributed by atoms with van der Waals surface area (Å²) in [6, 6.07) is 15.1. The Bertz CT molecular complexity index is 866. The number of halogens is 1. The molecule has 0 unspecified atom stereocenters. The van der Waals surface area contributed by atoms with Gasteiger partial charge in [-0.3, -0.25) is 9.59 Å². The van der Waals surface area contributed by atoms with E-state index in [0.29, 0.717) is 10.7 Å². The van der Waals surface area contributed by atoms with Crippen molar-refractivity contribution in [3.63, 3.8) is 0 Å². The minimum Gasteiger partial charge on any atom is -0.374 e. The van der Waals surface area contributed by atoms with Crippen LogP contribution in [0, 0.1) is 0 Å². The lowest BCUT2D eigenvalue weighted by atomic mass is 10.2. The number of nitrogens with zero attached hydrogens (tertiary/aromatic N) is 2. The lowest BCUT2D eigenvalue weighted by molar-refractivity contribution is -0.131. The normalized spacial score (nSPS) is 14.0. The molecule has 0 aromatic heterocycles. The van der Waals surface area contributed by atoms with Crippen molar-refractivity contribution < 1.29 is 9.59 Å². The van der Waals surface area contributed by atoms with Crippen LogP contribution in [0.4, 0.5) is 17.1 Å². The molecule has 1 heterocycles. The minimum atomic E-state index is -0.288. The number of hydrogen-bond acceptors (Lipinski definition) is 4. The molecule has 0 atom stereocenters. The van der Waals surface area contributed by atoms with Gasteiger partial charge >= 0.3 is 0 Å². The number of anilines is 3. The summed E-state index contributed by atoms with van der Waals surface area (Å²) in [5.41, 5.74) is 2.61. The maximum absolute atomic E-state index is 12.6. The Balaban J connectivity index is 1.54. The van der Waals surface area contributed by atoms with Gasteiger partial charge in [-0.05, 0) is 37.1 Å². The second-order valence-corrected chi connectivity index (χ2v) is 7.96. The predicted molar refractivity (Wildman–Crippen MR) is 123 cm³/mol. The number of amides is 2. The third-order valence-corrected chi connectivity index (χ3v) is 5.56. The van der Waals surface area contributed by atoms with E-state index in [9.17, 15) is 9.59 Å². The van der Waals surface area contributed by atoms with Gasteiger partial charge < -0.3 is 20.4 Å². The van der Waals surface area contributed by atoms with Gasteiger partial charge in [-0.15, -0.1) is 0 Å². The van der Waals surface area contributed by atoms with Crippen LogP contribution in [0.3, 0.4) is 0 Å². The molecule has 3 rings (SSSR count). The zero-order valence-electron chi connectivity index (χ0n) is 17.4. The standard InChI is InChI=1S/C23H29ClN4O2/c1-27(17-22(29)26-19-11-5-4-10-18(19)24)23(30)16-25-20-12-6-7-13-21(20)28-14-8-2-3-9-15-28/h4-7,10-13,25H,2-3,8-9,14-17H2,1H3,(H,26,29). The Kier molecular flexibility index (Phi) is 7.97. The van der Waals surface area contributed by atoms with Gasteiger partial charge in [0.2, 0.25) is 11.8 Å². The highest BCUT2D eigenvalue weighted by molar-refractivity contribution is 6.33. The SMILES string of the molecule is CN(CC(=O)Nc1ccccc1Cl)C(=O)CNc1ccccc1N1CCCCCC1. The highest BCUT2D eigenvalue weighted by Crippen LogP contribution is 2.27. The second-order valence-electron chi connectivity index (χ2n) is 7.55. The highest BCUT2D eigenvalue weighted by atomic mass is 35.5. The molecule has 1 saturated heterocycles. The second kappa shape index (κ2) is 10.9. The minimum absolute atomic E-state index is 0.0422. The molecule has 1 aliphatic rings. The molecule has 0 spiro atoms. The number of para-hydroxylation sites is 3. The highest BCUT2D eigenvalue weighted by Gasteiger charge is 2.16. The number of nitrogens with one attached hydrogen (secondary N) is 2. The topological polar surface area (TPSA) is 64.7 Å². The summed E-state index contributed by atoms with van der Waals surface area (Å²) in [6.07, 6.45) is 4.92. The fourth-order valence-corrected chi connectivity index (χ4v) is 3.76. The van der Waals surface area contributed by atoms with Crippen molar-refractivity contribution in [2.45, 2.75) is 25.7 Å². The first-order chi connectivity index (χ1) is 14.5. The number of rotatable bonds is 7. The first kappa shape index (κ1) is 22.0. The van der Waals surface area contributed by atoms with E-state index in [1.165, 1.54) is 30.6 Å². The van der Waals surface area contributed by atoms with E-state index >= 15 is 0 Å². The molecule has 2 amide bonds. The van der Waals surface area contributed by atoms with Gasteiger partial charge in [-0.2, -0.15) is 0 Å². The van der Waals surface area contributed by atoms with E-state index in [2.05, 4.69) is 21.6 Å². The summed E-state index contributed by atoms with van der Waals surface area (Å²) >= 11 is 6.06. The van der Waals surface area contributed by atoms with Crippen LogP contribution in [0.25, 0.3) is 0 Å². The molecule has 160 valence electrons. The average molecular weight is 429 g/mol. The maximum Gasteiger partial charge on any atom is 0.244 e.